The highest BCUT2D eigenvalue weighted by molar-refractivity contribution is 7.89. The molecule has 0 radical (unpaired) electrons. The Kier molecular flexibility index (Phi) is 6.63. The number of carbonyl (C=O) groups excluding carboxylic acids is 1. The van der Waals surface area contributed by atoms with Gasteiger partial charge in [-0.3, -0.25) is 4.79 Å². The van der Waals surface area contributed by atoms with Crippen molar-refractivity contribution in [3.8, 4) is 0 Å². The topological polar surface area (TPSA) is 66.5 Å². The summed E-state index contributed by atoms with van der Waals surface area (Å²) in [6.45, 7) is 1.80. The fourth-order valence-electron chi connectivity index (χ4n) is 4.43. The molecule has 0 fully saturated rings. The number of nitrogens with one attached hydrogen (secondary N) is 1. The first-order valence-electron chi connectivity index (χ1n) is 11.2. The van der Waals surface area contributed by atoms with Crippen LogP contribution < -0.4 is 5.32 Å². The Hall–Kier alpha value is -2.70. The average molecular weight is 451 g/mol. The lowest BCUT2D eigenvalue weighted by molar-refractivity contribution is -0.121. The lowest BCUT2D eigenvalue weighted by Gasteiger charge is -2.23. The van der Waals surface area contributed by atoms with Gasteiger partial charge in [-0.2, -0.15) is 4.31 Å². The smallest absolute Gasteiger partial charge is 0.243 e. The number of hydrogen-bond acceptors (Lipinski definition) is 3. The SMILES string of the molecule is CC[C@@H](NC(=O)CN(C)S(=O)(=O)c1ccc2ccccc2c1)c1ccc2c(c1)CCCC2. The molecule has 1 N–H and O–H groups in total. The standard InChI is InChI=1S/C26H30N2O3S/c1-3-25(23-13-12-19-8-4-6-10-21(19)16-23)27-26(29)18-28(2)32(30,31)24-15-14-20-9-5-7-11-22(20)17-24/h5,7,9,11-17,25H,3-4,6,8,10,18H2,1-2H3,(H,27,29)/t25-/m1/s1. The molecule has 0 heterocycles. The summed E-state index contributed by atoms with van der Waals surface area (Å²) in [5.41, 5.74) is 3.86. The van der Waals surface area contributed by atoms with Crippen molar-refractivity contribution in [2.75, 3.05) is 13.6 Å². The molecule has 6 heteroatoms. The van der Waals surface area contributed by atoms with Crippen molar-refractivity contribution in [3.05, 3.63) is 77.4 Å². The van der Waals surface area contributed by atoms with E-state index >= 15 is 0 Å². The van der Waals surface area contributed by atoms with E-state index in [1.165, 1.54) is 31.0 Å². The Morgan fingerprint density at radius 2 is 1.69 bits per heavy atom. The van der Waals surface area contributed by atoms with Gasteiger partial charge in [0.1, 0.15) is 0 Å². The van der Waals surface area contributed by atoms with Crippen molar-refractivity contribution in [2.45, 2.75) is 50.0 Å². The van der Waals surface area contributed by atoms with Gasteiger partial charge in [0.05, 0.1) is 17.5 Å². The Labute approximate surface area is 190 Å². The van der Waals surface area contributed by atoms with E-state index in [0.717, 1.165) is 39.9 Å². The number of carbonyl (C=O) groups is 1. The Balaban J connectivity index is 1.46. The molecule has 3 aromatic carbocycles. The number of sulfonamides is 1. The summed E-state index contributed by atoms with van der Waals surface area (Å²) in [5, 5.41) is 4.86. The molecule has 1 atom stereocenters. The third-order valence-electron chi connectivity index (χ3n) is 6.31. The van der Waals surface area contributed by atoms with Crippen LogP contribution in [0.5, 0.6) is 0 Å². The fraction of sp³-hybridized carbons (Fsp3) is 0.346. The van der Waals surface area contributed by atoms with Crippen LogP contribution in [0, 0.1) is 0 Å². The molecule has 0 unspecified atom stereocenters. The first-order chi connectivity index (χ1) is 15.4. The molecule has 0 saturated heterocycles. The summed E-state index contributed by atoms with van der Waals surface area (Å²) in [4.78, 5) is 12.9. The molecule has 168 valence electrons. The summed E-state index contributed by atoms with van der Waals surface area (Å²) in [7, 11) is -2.32. The highest BCUT2D eigenvalue weighted by atomic mass is 32.2. The molecule has 0 bridgehead atoms. The molecule has 4 rings (SSSR count). The highest BCUT2D eigenvalue weighted by Gasteiger charge is 2.24. The van der Waals surface area contributed by atoms with Crippen molar-refractivity contribution < 1.29 is 13.2 Å². The lowest BCUT2D eigenvalue weighted by Crippen LogP contribution is -2.39. The molecule has 1 aliphatic rings. The quantitative estimate of drug-likeness (QED) is 0.572. The largest absolute Gasteiger partial charge is 0.348 e. The zero-order chi connectivity index (χ0) is 22.7. The van der Waals surface area contributed by atoms with E-state index in [2.05, 4.69) is 23.5 Å². The van der Waals surface area contributed by atoms with Crippen LogP contribution in [0.25, 0.3) is 10.8 Å². The predicted octanol–water partition coefficient (Wildman–Crippen LogP) is 4.61. The predicted molar refractivity (Wildman–Crippen MR) is 128 cm³/mol. The number of rotatable bonds is 7. The normalized spacial score (nSPS) is 14.8. The summed E-state index contributed by atoms with van der Waals surface area (Å²) in [5.74, 6) is -0.304. The highest BCUT2D eigenvalue weighted by Crippen LogP contribution is 2.26. The average Bonchev–Trinajstić information content (AvgIpc) is 2.81. The van der Waals surface area contributed by atoms with E-state index in [1.54, 1.807) is 18.2 Å². The molecule has 0 aromatic heterocycles. The first kappa shape index (κ1) is 22.5. The summed E-state index contributed by atoms with van der Waals surface area (Å²) in [6, 6.07) is 19.0. The van der Waals surface area contributed by atoms with Crippen molar-refractivity contribution in [1.29, 1.82) is 0 Å². The van der Waals surface area contributed by atoms with Crippen molar-refractivity contribution in [2.24, 2.45) is 0 Å². The van der Waals surface area contributed by atoms with Gasteiger partial charge in [0.15, 0.2) is 0 Å². The van der Waals surface area contributed by atoms with E-state index in [4.69, 9.17) is 0 Å². The van der Waals surface area contributed by atoms with Crippen molar-refractivity contribution in [1.82, 2.24) is 9.62 Å². The van der Waals surface area contributed by atoms with Gasteiger partial charge in [0.2, 0.25) is 15.9 Å². The minimum absolute atomic E-state index is 0.133. The molecular weight excluding hydrogens is 420 g/mol. The van der Waals surface area contributed by atoms with Gasteiger partial charge in [0.25, 0.3) is 0 Å². The number of aryl methyl sites for hydroxylation is 2. The zero-order valence-electron chi connectivity index (χ0n) is 18.7. The van der Waals surface area contributed by atoms with Gasteiger partial charge in [0, 0.05) is 7.05 Å². The molecule has 32 heavy (non-hydrogen) atoms. The number of nitrogens with zero attached hydrogens (tertiary/aromatic N) is 1. The van der Waals surface area contributed by atoms with Crippen molar-refractivity contribution in [3.63, 3.8) is 0 Å². The molecule has 0 saturated carbocycles. The Bertz CT molecular complexity index is 1240. The second-order valence-electron chi connectivity index (χ2n) is 8.53. The van der Waals surface area contributed by atoms with Crippen LogP contribution >= 0.6 is 0 Å². The van der Waals surface area contributed by atoms with E-state index in [1.807, 2.05) is 31.2 Å². The van der Waals surface area contributed by atoms with Crippen LogP contribution in [0.1, 0.15) is 48.9 Å². The van der Waals surface area contributed by atoms with E-state index in [9.17, 15) is 13.2 Å². The van der Waals surface area contributed by atoms with Gasteiger partial charge >= 0.3 is 0 Å². The van der Waals surface area contributed by atoms with Crippen molar-refractivity contribution >= 4 is 26.7 Å². The van der Waals surface area contributed by atoms with Gasteiger partial charge < -0.3 is 5.32 Å². The lowest BCUT2D eigenvalue weighted by atomic mass is 9.89. The van der Waals surface area contributed by atoms with Crippen LogP contribution in [-0.2, 0) is 27.7 Å². The molecule has 0 spiro atoms. The second kappa shape index (κ2) is 9.43. The van der Waals surface area contributed by atoms with E-state index in [-0.39, 0.29) is 23.4 Å². The molecule has 5 nitrogen and oxygen atoms in total. The number of amides is 1. The van der Waals surface area contributed by atoms with Crippen LogP contribution in [-0.4, -0.2) is 32.2 Å². The molecule has 1 aliphatic carbocycles. The van der Waals surface area contributed by atoms with Gasteiger partial charge in [-0.05, 0) is 71.7 Å². The number of fused-ring (bicyclic) bond motifs is 2. The van der Waals surface area contributed by atoms with Crippen LogP contribution in [0.2, 0.25) is 0 Å². The van der Waals surface area contributed by atoms with Gasteiger partial charge in [-0.1, -0.05) is 55.5 Å². The van der Waals surface area contributed by atoms with Gasteiger partial charge in [-0.25, -0.2) is 8.42 Å². The molecule has 0 aliphatic heterocycles. The zero-order valence-corrected chi connectivity index (χ0v) is 19.5. The summed E-state index contributed by atoms with van der Waals surface area (Å²) >= 11 is 0. The Morgan fingerprint density at radius 3 is 2.44 bits per heavy atom. The van der Waals surface area contributed by atoms with Gasteiger partial charge in [-0.15, -0.1) is 0 Å². The second-order valence-corrected chi connectivity index (χ2v) is 10.6. The molecule has 3 aromatic rings. The maximum atomic E-state index is 13.0. The van der Waals surface area contributed by atoms with E-state index < -0.39 is 10.0 Å². The van der Waals surface area contributed by atoms with Crippen LogP contribution in [0.4, 0.5) is 0 Å². The third-order valence-corrected chi connectivity index (χ3v) is 8.11. The number of hydrogen-bond donors (Lipinski definition) is 1. The third kappa shape index (κ3) is 4.71. The number of benzene rings is 3. The molecule has 1 amide bonds. The Morgan fingerprint density at radius 1 is 0.969 bits per heavy atom. The monoisotopic (exact) mass is 450 g/mol. The first-order valence-corrected chi connectivity index (χ1v) is 12.7. The minimum Gasteiger partial charge on any atom is -0.348 e. The maximum Gasteiger partial charge on any atom is 0.243 e. The fourth-order valence-corrected chi connectivity index (χ4v) is 5.59. The number of likely N-dealkylation sites (N-methyl/N-ethyl adjacent to an activating group) is 1. The summed E-state index contributed by atoms with van der Waals surface area (Å²) in [6.07, 6.45) is 5.39. The van der Waals surface area contributed by atoms with E-state index in [0.29, 0.717) is 0 Å². The maximum absolute atomic E-state index is 13.0. The molecular formula is C26H30N2O3S. The summed E-state index contributed by atoms with van der Waals surface area (Å²) < 4.78 is 27.2. The van der Waals surface area contributed by atoms with Crippen LogP contribution in [0.3, 0.4) is 0 Å². The van der Waals surface area contributed by atoms with Crippen LogP contribution in [0.15, 0.2) is 65.6 Å². The minimum atomic E-state index is -3.77.